The van der Waals surface area contributed by atoms with Gasteiger partial charge in [-0.05, 0) is 44.4 Å². The van der Waals surface area contributed by atoms with Gasteiger partial charge in [-0.1, -0.05) is 27.2 Å². The van der Waals surface area contributed by atoms with Crippen molar-refractivity contribution in [2.24, 2.45) is 17.8 Å². The van der Waals surface area contributed by atoms with Gasteiger partial charge in [0.15, 0.2) is 0 Å². The Morgan fingerprint density at radius 3 is 2.65 bits per heavy atom. The molecule has 1 aromatic heterocycles. The molecule has 1 heterocycles. The molecule has 1 N–H and O–H groups in total. The fraction of sp³-hybridized carbons (Fsp3) is 0.875. The predicted molar refractivity (Wildman–Crippen MR) is 80.4 cm³/mol. The van der Waals surface area contributed by atoms with Crippen molar-refractivity contribution in [2.45, 2.75) is 71.9 Å². The lowest BCUT2D eigenvalue weighted by Crippen LogP contribution is -2.47. The molecule has 20 heavy (non-hydrogen) atoms. The number of hydrogen-bond donors (Lipinski definition) is 1. The number of aromatic nitrogens is 3. The van der Waals surface area contributed by atoms with Crippen molar-refractivity contribution in [3.63, 3.8) is 0 Å². The van der Waals surface area contributed by atoms with Gasteiger partial charge in [-0.25, -0.2) is 9.67 Å². The van der Waals surface area contributed by atoms with E-state index in [1.807, 2.05) is 4.68 Å². The molecule has 0 radical (unpaired) electrons. The van der Waals surface area contributed by atoms with Crippen LogP contribution in [-0.2, 0) is 6.42 Å². The smallest absolute Gasteiger partial charge is 0.138 e. The maximum absolute atomic E-state index is 11.3. The van der Waals surface area contributed by atoms with E-state index in [4.69, 9.17) is 0 Å². The van der Waals surface area contributed by atoms with E-state index in [-0.39, 0.29) is 6.04 Å². The van der Waals surface area contributed by atoms with Crippen LogP contribution >= 0.6 is 0 Å². The van der Waals surface area contributed by atoms with E-state index in [0.717, 1.165) is 18.7 Å². The van der Waals surface area contributed by atoms with E-state index < -0.39 is 5.60 Å². The van der Waals surface area contributed by atoms with Crippen LogP contribution in [0.25, 0.3) is 0 Å². The second-order valence-electron chi connectivity index (χ2n) is 7.23. The molecule has 0 aromatic carbocycles. The molecule has 1 aromatic rings. The summed E-state index contributed by atoms with van der Waals surface area (Å²) in [6, 6.07) is 0.287. The monoisotopic (exact) mass is 279 g/mol. The van der Waals surface area contributed by atoms with Gasteiger partial charge in [0, 0.05) is 12.5 Å². The minimum atomic E-state index is -0.633. The van der Waals surface area contributed by atoms with Gasteiger partial charge >= 0.3 is 0 Å². The van der Waals surface area contributed by atoms with Crippen molar-refractivity contribution < 1.29 is 5.11 Å². The Morgan fingerprint density at radius 1 is 1.35 bits per heavy atom. The second-order valence-corrected chi connectivity index (χ2v) is 7.23. The zero-order valence-electron chi connectivity index (χ0n) is 13.5. The standard InChI is InChI=1S/C16H29N3O/c1-11(2)14-7-6-13(5)8-16(14,20)9-15-17-10-18-19(15)12(3)4/h10-14,20H,6-9H2,1-5H3. The van der Waals surface area contributed by atoms with E-state index in [2.05, 4.69) is 44.7 Å². The van der Waals surface area contributed by atoms with E-state index in [9.17, 15) is 5.11 Å². The van der Waals surface area contributed by atoms with Crippen molar-refractivity contribution >= 4 is 0 Å². The Bertz CT molecular complexity index is 441. The third kappa shape index (κ3) is 3.05. The third-order valence-electron chi connectivity index (χ3n) is 4.77. The number of nitrogens with zero attached hydrogens (tertiary/aromatic N) is 3. The van der Waals surface area contributed by atoms with Gasteiger partial charge in [0.25, 0.3) is 0 Å². The Balaban J connectivity index is 2.24. The van der Waals surface area contributed by atoms with Crippen molar-refractivity contribution in [3.05, 3.63) is 12.2 Å². The highest BCUT2D eigenvalue weighted by atomic mass is 16.3. The summed E-state index contributed by atoms with van der Waals surface area (Å²) in [5, 5.41) is 15.6. The number of hydrogen-bond acceptors (Lipinski definition) is 3. The summed E-state index contributed by atoms with van der Waals surface area (Å²) in [4.78, 5) is 4.39. The van der Waals surface area contributed by atoms with E-state index in [1.54, 1.807) is 6.33 Å². The van der Waals surface area contributed by atoms with Crippen LogP contribution in [0.1, 0.15) is 65.7 Å². The normalized spacial score (nSPS) is 31.2. The van der Waals surface area contributed by atoms with Gasteiger partial charge in [-0.2, -0.15) is 5.10 Å². The fourth-order valence-corrected chi connectivity index (χ4v) is 3.85. The summed E-state index contributed by atoms with van der Waals surface area (Å²) in [6.45, 7) is 10.9. The van der Waals surface area contributed by atoms with Crippen LogP contribution < -0.4 is 0 Å². The number of rotatable bonds is 4. The molecule has 3 atom stereocenters. The molecule has 0 spiro atoms. The minimum absolute atomic E-state index is 0.287. The summed E-state index contributed by atoms with van der Waals surface area (Å²) in [5.74, 6) is 2.37. The first-order valence-electron chi connectivity index (χ1n) is 7.94. The first-order valence-corrected chi connectivity index (χ1v) is 7.94. The topological polar surface area (TPSA) is 50.9 Å². The van der Waals surface area contributed by atoms with Crippen molar-refractivity contribution in [1.82, 2.24) is 14.8 Å². The third-order valence-corrected chi connectivity index (χ3v) is 4.77. The van der Waals surface area contributed by atoms with Gasteiger partial charge in [0.1, 0.15) is 12.2 Å². The van der Waals surface area contributed by atoms with E-state index >= 15 is 0 Å². The molecule has 3 unspecified atom stereocenters. The molecule has 0 saturated heterocycles. The zero-order valence-corrected chi connectivity index (χ0v) is 13.5. The van der Waals surface area contributed by atoms with Gasteiger partial charge in [0.2, 0.25) is 0 Å². The fourth-order valence-electron chi connectivity index (χ4n) is 3.85. The van der Waals surface area contributed by atoms with Crippen LogP contribution in [0, 0.1) is 17.8 Å². The molecule has 1 aliphatic rings. The molecule has 1 aliphatic carbocycles. The Morgan fingerprint density at radius 2 is 2.05 bits per heavy atom. The summed E-state index contributed by atoms with van der Waals surface area (Å²) < 4.78 is 1.94. The molecule has 4 heteroatoms. The van der Waals surface area contributed by atoms with Crippen LogP contribution in [0.3, 0.4) is 0 Å². The molecule has 114 valence electrons. The van der Waals surface area contributed by atoms with Crippen molar-refractivity contribution in [2.75, 3.05) is 0 Å². The van der Waals surface area contributed by atoms with Crippen LogP contribution in [-0.4, -0.2) is 25.5 Å². The lowest BCUT2D eigenvalue weighted by Gasteiger charge is -2.44. The SMILES string of the molecule is CC1CCC(C(C)C)C(O)(Cc2ncnn2C(C)C)C1. The highest BCUT2D eigenvalue weighted by Crippen LogP contribution is 2.42. The van der Waals surface area contributed by atoms with Gasteiger partial charge < -0.3 is 5.11 Å². The van der Waals surface area contributed by atoms with Crippen molar-refractivity contribution in [3.8, 4) is 0 Å². The second kappa shape index (κ2) is 5.84. The molecular weight excluding hydrogens is 250 g/mol. The van der Waals surface area contributed by atoms with Gasteiger partial charge in [-0.15, -0.1) is 0 Å². The van der Waals surface area contributed by atoms with Crippen molar-refractivity contribution in [1.29, 1.82) is 0 Å². The van der Waals surface area contributed by atoms with Gasteiger partial charge in [0.05, 0.1) is 5.60 Å². The highest BCUT2D eigenvalue weighted by molar-refractivity contribution is 5.02. The van der Waals surface area contributed by atoms with Crippen LogP contribution in [0.2, 0.25) is 0 Å². The van der Waals surface area contributed by atoms with Crippen LogP contribution in [0.15, 0.2) is 6.33 Å². The Labute approximate surface area is 122 Å². The number of aliphatic hydroxyl groups is 1. The van der Waals surface area contributed by atoms with E-state index in [1.165, 1.54) is 6.42 Å². The van der Waals surface area contributed by atoms with Gasteiger partial charge in [-0.3, -0.25) is 0 Å². The summed E-state index contributed by atoms with van der Waals surface area (Å²) in [5.41, 5.74) is -0.633. The molecule has 4 nitrogen and oxygen atoms in total. The highest BCUT2D eigenvalue weighted by Gasteiger charge is 2.43. The Kier molecular flexibility index (Phi) is 4.52. The van der Waals surface area contributed by atoms with Crippen LogP contribution in [0.4, 0.5) is 0 Å². The largest absolute Gasteiger partial charge is 0.389 e. The average Bonchev–Trinajstić information content (AvgIpc) is 2.75. The maximum Gasteiger partial charge on any atom is 0.138 e. The predicted octanol–water partition coefficient (Wildman–Crippen LogP) is 3.22. The van der Waals surface area contributed by atoms with Crippen LogP contribution in [0.5, 0.6) is 0 Å². The molecular formula is C16H29N3O. The molecule has 0 amide bonds. The first-order chi connectivity index (χ1) is 9.33. The average molecular weight is 279 g/mol. The zero-order chi connectivity index (χ0) is 14.9. The maximum atomic E-state index is 11.3. The van der Waals surface area contributed by atoms with E-state index in [0.29, 0.717) is 24.2 Å². The molecule has 1 fully saturated rings. The lowest BCUT2D eigenvalue weighted by molar-refractivity contribution is -0.0813. The first kappa shape index (κ1) is 15.5. The molecule has 1 saturated carbocycles. The molecule has 0 aliphatic heterocycles. The quantitative estimate of drug-likeness (QED) is 0.920. The molecule has 2 rings (SSSR count). The summed E-state index contributed by atoms with van der Waals surface area (Å²) in [7, 11) is 0. The summed E-state index contributed by atoms with van der Waals surface area (Å²) in [6.07, 6.45) is 5.45. The minimum Gasteiger partial charge on any atom is -0.389 e. The lowest BCUT2D eigenvalue weighted by atomic mass is 9.65. The molecule has 0 bridgehead atoms. The summed E-state index contributed by atoms with van der Waals surface area (Å²) >= 11 is 0. The Hall–Kier alpha value is -0.900.